The summed E-state index contributed by atoms with van der Waals surface area (Å²) in [7, 11) is -2.44. The lowest BCUT2D eigenvalue weighted by Gasteiger charge is -2.43. The average molecular weight is 864 g/mol. The van der Waals surface area contributed by atoms with Crippen LogP contribution in [0.15, 0.2) is 42.9 Å². The van der Waals surface area contributed by atoms with Gasteiger partial charge in [-0.2, -0.15) is 4.31 Å². The van der Waals surface area contributed by atoms with Crippen LogP contribution in [0.25, 0.3) is 22.2 Å². The van der Waals surface area contributed by atoms with E-state index in [2.05, 4.69) is 25.1 Å². The Morgan fingerprint density at radius 1 is 0.709 bits per heavy atom. The number of piperazine rings is 2. The molecule has 4 aliphatic heterocycles. The molecule has 4 aromatic rings. The van der Waals surface area contributed by atoms with Crippen LogP contribution in [0, 0.1) is 0 Å². The third kappa shape index (κ3) is 9.62. The van der Waals surface area contributed by atoms with Crippen molar-refractivity contribution in [3.63, 3.8) is 0 Å². The van der Waals surface area contributed by atoms with Gasteiger partial charge in [0.05, 0.1) is 36.5 Å². The van der Waals surface area contributed by atoms with Crippen LogP contribution >= 0.6 is 33.9 Å². The highest BCUT2D eigenvalue weighted by Gasteiger charge is 2.39. The second-order valence-corrected chi connectivity index (χ2v) is 21.2. The van der Waals surface area contributed by atoms with Crippen molar-refractivity contribution in [1.29, 1.82) is 0 Å². The Balaban J connectivity index is 0.000000157. The number of aromatic nitrogens is 2. The number of nitrogens with zero attached hydrogens (tertiary/aromatic N) is 5. The fourth-order valence-corrected chi connectivity index (χ4v) is 10.5. The van der Waals surface area contributed by atoms with E-state index in [0.29, 0.717) is 61.7 Å². The second kappa shape index (κ2) is 16.6. The molecule has 4 fully saturated rings. The first-order valence-corrected chi connectivity index (χ1v) is 22.7. The number of hydrogen-bond donors (Lipinski definition) is 1. The predicted molar refractivity (Wildman–Crippen MR) is 212 cm³/mol. The summed E-state index contributed by atoms with van der Waals surface area (Å²) in [6.45, 7) is 21.7. The maximum atomic E-state index is 13.4. The van der Waals surface area contributed by atoms with Gasteiger partial charge < -0.3 is 23.6 Å². The number of benzene rings is 2. The van der Waals surface area contributed by atoms with E-state index >= 15 is 0 Å². The van der Waals surface area contributed by atoms with Crippen LogP contribution in [0.4, 0.5) is 0 Å². The summed E-state index contributed by atoms with van der Waals surface area (Å²) in [4.78, 5) is 13.3. The molecule has 2 atom stereocenters. The lowest BCUT2D eigenvalue weighted by molar-refractivity contribution is -0.0304. The Morgan fingerprint density at radius 2 is 1.22 bits per heavy atom. The minimum Gasteiger partial charge on any atom is -0.439 e. The summed E-state index contributed by atoms with van der Waals surface area (Å²) in [5, 5.41) is 3.54. The van der Waals surface area contributed by atoms with Crippen LogP contribution in [0.5, 0.6) is 0 Å². The van der Waals surface area contributed by atoms with E-state index in [1.807, 2.05) is 41.5 Å². The normalized spacial score (nSPS) is 22.0. The van der Waals surface area contributed by atoms with Gasteiger partial charge in [-0.25, -0.2) is 26.8 Å². The van der Waals surface area contributed by atoms with Gasteiger partial charge in [0.1, 0.15) is 20.8 Å². The lowest BCUT2D eigenvalue weighted by atomic mass is 9.97. The Hall–Kier alpha value is -2.09. The van der Waals surface area contributed by atoms with Gasteiger partial charge in [-0.3, -0.25) is 9.80 Å². The van der Waals surface area contributed by atoms with Crippen LogP contribution in [0.3, 0.4) is 0 Å². The van der Waals surface area contributed by atoms with Gasteiger partial charge in [0.15, 0.2) is 11.2 Å². The third-order valence-electron chi connectivity index (χ3n) is 9.76. The van der Waals surface area contributed by atoms with E-state index in [-0.39, 0.29) is 47.9 Å². The highest BCUT2D eigenvalue weighted by atomic mass is 35.7. The molecule has 6 heterocycles. The predicted octanol–water partition coefficient (Wildman–Crippen LogP) is 5.48. The molecule has 0 bridgehead atoms. The molecule has 304 valence electrons. The molecule has 14 nitrogen and oxygen atoms in total. The average Bonchev–Trinajstić information content (AvgIpc) is 3.77. The Bertz CT molecular complexity index is 2190. The van der Waals surface area contributed by atoms with Gasteiger partial charge in [-0.05, 0) is 24.3 Å². The van der Waals surface area contributed by atoms with Gasteiger partial charge in [-0.15, -0.1) is 0 Å². The number of halogens is 3. The first-order chi connectivity index (χ1) is 25.7. The number of sulfonamides is 1. The summed E-state index contributed by atoms with van der Waals surface area (Å²) in [6.07, 6.45) is 0. The van der Waals surface area contributed by atoms with E-state index in [9.17, 15) is 16.8 Å². The number of rotatable bonds is 3. The van der Waals surface area contributed by atoms with Crippen LogP contribution in [-0.4, -0.2) is 132 Å². The summed E-state index contributed by atoms with van der Waals surface area (Å²) in [5.41, 5.74) is 0.583. The fourth-order valence-electron chi connectivity index (χ4n) is 6.73. The van der Waals surface area contributed by atoms with Crippen molar-refractivity contribution < 1.29 is 35.1 Å². The molecule has 0 saturated carbocycles. The number of nitrogens with one attached hydrogen (secondary N) is 1. The van der Waals surface area contributed by atoms with Crippen LogP contribution in [-0.2, 0) is 39.4 Å². The zero-order valence-corrected chi connectivity index (χ0v) is 35.8. The van der Waals surface area contributed by atoms with Crippen molar-refractivity contribution in [2.75, 3.05) is 78.8 Å². The fraction of sp³-hybridized carbons (Fsp3) is 0.611. The minimum atomic E-state index is -3.99. The first-order valence-electron chi connectivity index (χ1n) is 18.2. The van der Waals surface area contributed by atoms with E-state index in [4.69, 9.17) is 52.2 Å². The van der Waals surface area contributed by atoms with Crippen LogP contribution < -0.4 is 5.32 Å². The molecule has 19 heteroatoms. The molecule has 0 aliphatic carbocycles. The maximum absolute atomic E-state index is 13.4. The summed E-state index contributed by atoms with van der Waals surface area (Å²) in [5.74, 6) is 0.919. The maximum Gasteiger partial charge on any atom is 0.266 e. The standard InChI is InChI=1S/C18H24ClN3O4S.C11H11Cl2NO3S.C7H14N2O/c1-18(2,3)17-20-14-5-4-13(19)16(15(14)26-17)27(23,24)22-7-6-21-8-9-25-11-12(21)10-22;1-11(2,3)10-14-7-5-4-6(12)9(8(7)17-10)18(13,15)16;1-2-9-3-4-10-6-7(9)5-8-1/h4-5,12H,6-11H2,1-3H3;4-5H,1-3H3;7-8H,1-6H2/t12-;;7-/m1.1/s1. The number of fused-ring (bicyclic) bond motifs is 4. The number of ether oxygens (including phenoxy) is 2. The molecule has 2 aromatic heterocycles. The number of oxazole rings is 2. The molecule has 2 aromatic carbocycles. The highest BCUT2D eigenvalue weighted by molar-refractivity contribution is 8.14. The van der Waals surface area contributed by atoms with Crippen molar-refractivity contribution in [3.05, 3.63) is 46.1 Å². The SMILES string of the molecule is C1CN2CCOC[C@H]2CN1.CC(C)(C)c1nc2ccc(Cl)c(S(=O)(=O)Cl)c2o1.CC(C)(C)c1nc2ccc(Cl)c(S(=O)(=O)N3CCN4CCOC[C@H]4C3)c2o1. The monoisotopic (exact) mass is 862 g/mol. The molecule has 0 unspecified atom stereocenters. The molecule has 0 amide bonds. The summed E-state index contributed by atoms with van der Waals surface area (Å²) in [6, 6.07) is 7.03. The minimum absolute atomic E-state index is 0.00912. The molecule has 8 rings (SSSR count). The van der Waals surface area contributed by atoms with E-state index in [1.165, 1.54) is 16.9 Å². The number of morpholine rings is 2. The number of hydrogen-bond acceptors (Lipinski definition) is 13. The molecule has 4 saturated heterocycles. The summed E-state index contributed by atoms with van der Waals surface area (Å²) < 4.78 is 73.7. The molecular weight excluding hydrogens is 815 g/mol. The summed E-state index contributed by atoms with van der Waals surface area (Å²) >= 11 is 12.2. The topological polar surface area (TPSA) is 161 Å². The third-order valence-corrected chi connectivity index (χ3v) is 13.9. The van der Waals surface area contributed by atoms with Crippen molar-refractivity contribution in [2.45, 2.75) is 74.2 Å². The highest BCUT2D eigenvalue weighted by Crippen LogP contribution is 2.37. The smallest absolute Gasteiger partial charge is 0.266 e. The van der Waals surface area contributed by atoms with Gasteiger partial charge in [0.25, 0.3) is 9.05 Å². The zero-order valence-electron chi connectivity index (χ0n) is 31.9. The quantitative estimate of drug-likeness (QED) is 0.258. The second-order valence-electron chi connectivity index (χ2n) is 16.0. The van der Waals surface area contributed by atoms with Crippen LogP contribution in [0.1, 0.15) is 53.3 Å². The Morgan fingerprint density at radius 3 is 1.75 bits per heavy atom. The van der Waals surface area contributed by atoms with Gasteiger partial charge in [0.2, 0.25) is 21.8 Å². The first kappa shape index (κ1) is 42.5. The Labute approximate surface area is 337 Å². The lowest BCUT2D eigenvalue weighted by Crippen LogP contribution is -2.59. The molecule has 0 radical (unpaired) electrons. The van der Waals surface area contributed by atoms with Crippen molar-refractivity contribution in [2.24, 2.45) is 0 Å². The molecular formula is C36H49Cl3N6O8S2. The van der Waals surface area contributed by atoms with Crippen molar-refractivity contribution >= 4 is 75.2 Å². The molecule has 4 aliphatic rings. The zero-order chi connectivity index (χ0) is 39.9. The van der Waals surface area contributed by atoms with Gasteiger partial charge in [-0.1, -0.05) is 64.7 Å². The largest absolute Gasteiger partial charge is 0.439 e. The van der Waals surface area contributed by atoms with E-state index in [1.54, 1.807) is 18.2 Å². The Kier molecular flexibility index (Phi) is 12.9. The van der Waals surface area contributed by atoms with Crippen LogP contribution in [0.2, 0.25) is 10.0 Å². The molecule has 0 spiro atoms. The van der Waals surface area contributed by atoms with Crippen molar-refractivity contribution in [3.8, 4) is 0 Å². The van der Waals surface area contributed by atoms with Gasteiger partial charge >= 0.3 is 0 Å². The molecule has 1 N–H and O–H groups in total. The van der Waals surface area contributed by atoms with Crippen molar-refractivity contribution in [1.82, 2.24) is 29.4 Å². The van der Waals surface area contributed by atoms with Gasteiger partial charge in [0, 0.05) is 86.0 Å². The van der Waals surface area contributed by atoms with E-state index < -0.39 is 19.1 Å². The van der Waals surface area contributed by atoms with E-state index in [0.717, 1.165) is 39.4 Å². The molecule has 55 heavy (non-hydrogen) atoms.